The number of aromatic amines is 1. The van der Waals surface area contributed by atoms with Gasteiger partial charge < -0.3 is 14.8 Å². The van der Waals surface area contributed by atoms with Crippen molar-refractivity contribution in [1.82, 2.24) is 24.8 Å². The zero-order valence-corrected chi connectivity index (χ0v) is 16.0. The molecule has 130 valence electrons. The Morgan fingerprint density at radius 1 is 1.12 bits per heavy atom. The lowest BCUT2D eigenvalue weighted by molar-refractivity contribution is 0.155. The summed E-state index contributed by atoms with van der Waals surface area (Å²) in [6, 6.07) is 8.72. The van der Waals surface area contributed by atoms with E-state index >= 15 is 0 Å². The molecule has 6 heteroatoms. The molecule has 1 saturated heterocycles. The van der Waals surface area contributed by atoms with Gasteiger partial charge in [-0.3, -0.25) is 0 Å². The van der Waals surface area contributed by atoms with Gasteiger partial charge in [-0.1, -0.05) is 24.3 Å². The summed E-state index contributed by atoms with van der Waals surface area (Å²) in [5, 5.41) is 0. The Labute approximate surface area is 156 Å². The largest absolute Gasteiger partial charge is 0.344 e. The molecule has 3 heterocycles. The molecule has 0 spiro atoms. The summed E-state index contributed by atoms with van der Waals surface area (Å²) in [7, 11) is 2.20. The third-order valence-corrected chi connectivity index (χ3v) is 5.50. The Hall–Kier alpha value is -1.76. The van der Waals surface area contributed by atoms with Crippen molar-refractivity contribution in [2.24, 2.45) is 0 Å². The van der Waals surface area contributed by atoms with Gasteiger partial charge in [0.2, 0.25) is 0 Å². The molecule has 5 nitrogen and oxygen atoms in total. The van der Waals surface area contributed by atoms with Crippen LogP contribution in [0.1, 0.15) is 5.56 Å². The Morgan fingerprint density at radius 2 is 1.88 bits per heavy atom. The predicted molar refractivity (Wildman–Crippen MR) is 105 cm³/mol. The smallest absolute Gasteiger partial charge is 0.157 e. The number of hydrogen-bond acceptors (Lipinski definition) is 4. The molecule has 1 aliphatic rings. The highest BCUT2D eigenvalue weighted by Crippen LogP contribution is 2.24. The fraction of sp³-hybridized carbons (Fsp3) is 0.368. The number of benzene rings is 1. The van der Waals surface area contributed by atoms with Crippen LogP contribution >= 0.6 is 15.9 Å². The van der Waals surface area contributed by atoms with Crippen LogP contribution in [-0.4, -0.2) is 64.5 Å². The first kappa shape index (κ1) is 16.7. The van der Waals surface area contributed by atoms with Crippen LogP contribution < -0.4 is 0 Å². The molecule has 1 aromatic carbocycles. The molecular weight excluding hydrogens is 378 g/mol. The van der Waals surface area contributed by atoms with Crippen LogP contribution in [0, 0.1) is 0 Å². The van der Waals surface area contributed by atoms with E-state index in [2.05, 4.69) is 67.0 Å². The maximum absolute atomic E-state index is 4.71. The van der Waals surface area contributed by atoms with Crippen LogP contribution in [0.4, 0.5) is 0 Å². The van der Waals surface area contributed by atoms with E-state index in [1.54, 1.807) is 0 Å². The van der Waals surface area contributed by atoms with Gasteiger partial charge in [0, 0.05) is 44.5 Å². The average Bonchev–Trinajstić information content (AvgIpc) is 3.02. The summed E-state index contributed by atoms with van der Waals surface area (Å²) in [4.78, 5) is 17.2. The number of rotatable bonds is 4. The summed E-state index contributed by atoms with van der Waals surface area (Å²) in [6.07, 6.45) is 4.79. The van der Waals surface area contributed by atoms with Gasteiger partial charge >= 0.3 is 0 Å². The first-order chi connectivity index (χ1) is 12.2. The van der Waals surface area contributed by atoms with Crippen molar-refractivity contribution < 1.29 is 0 Å². The maximum atomic E-state index is 4.71. The number of hydrogen-bond donors (Lipinski definition) is 1. The molecule has 1 fully saturated rings. The third kappa shape index (κ3) is 3.76. The number of piperazine rings is 1. The minimum Gasteiger partial charge on any atom is -0.344 e. The summed E-state index contributed by atoms with van der Waals surface area (Å²) >= 11 is 3.51. The zero-order chi connectivity index (χ0) is 17.2. The van der Waals surface area contributed by atoms with Crippen molar-refractivity contribution in [2.75, 3.05) is 39.8 Å². The monoisotopic (exact) mass is 399 g/mol. The third-order valence-electron chi connectivity index (χ3n) is 4.90. The Morgan fingerprint density at radius 3 is 2.64 bits per heavy atom. The SMILES string of the molecule is CN1CCN(CCc2ccc(-c3cnc4[nH]cc(Br)c4n3)cc2)CC1. The second-order valence-electron chi connectivity index (χ2n) is 6.68. The van der Waals surface area contributed by atoms with E-state index in [9.17, 15) is 0 Å². The molecule has 2 aromatic heterocycles. The Balaban J connectivity index is 1.43. The summed E-state index contributed by atoms with van der Waals surface area (Å²) in [6.45, 7) is 5.84. The van der Waals surface area contributed by atoms with Crippen molar-refractivity contribution in [3.05, 3.63) is 46.7 Å². The normalized spacial score (nSPS) is 16.6. The topological polar surface area (TPSA) is 48.0 Å². The number of nitrogens with zero attached hydrogens (tertiary/aromatic N) is 4. The van der Waals surface area contributed by atoms with E-state index in [4.69, 9.17) is 4.98 Å². The number of fused-ring (bicyclic) bond motifs is 1. The fourth-order valence-corrected chi connectivity index (χ4v) is 3.59. The molecule has 1 N–H and O–H groups in total. The van der Waals surface area contributed by atoms with Crippen molar-refractivity contribution in [1.29, 1.82) is 0 Å². The minimum absolute atomic E-state index is 0.805. The van der Waals surface area contributed by atoms with E-state index in [0.29, 0.717) is 0 Å². The summed E-state index contributed by atoms with van der Waals surface area (Å²) < 4.78 is 0.945. The molecule has 0 atom stereocenters. The number of likely N-dealkylation sites (N-methyl/N-ethyl adjacent to an activating group) is 1. The number of H-pyrrole nitrogens is 1. The van der Waals surface area contributed by atoms with Crippen LogP contribution in [0.25, 0.3) is 22.4 Å². The highest BCUT2D eigenvalue weighted by molar-refractivity contribution is 9.10. The van der Waals surface area contributed by atoms with E-state index in [1.165, 1.54) is 31.7 Å². The maximum Gasteiger partial charge on any atom is 0.157 e. The van der Waals surface area contributed by atoms with Gasteiger partial charge in [0.05, 0.1) is 16.4 Å². The van der Waals surface area contributed by atoms with Crippen molar-refractivity contribution in [3.8, 4) is 11.3 Å². The van der Waals surface area contributed by atoms with Gasteiger partial charge in [-0.25, -0.2) is 9.97 Å². The lowest BCUT2D eigenvalue weighted by Crippen LogP contribution is -2.45. The molecule has 0 aliphatic carbocycles. The van der Waals surface area contributed by atoms with Gasteiger partial charge in [-0.15, -0.1) is 0 Å². The van der Waals surface area contributed by atoms with Gasteiger partial charge in [0.25, 0.3) is 0 Å². The second kappa shape index (κ2) is 7.23. The van der Waals surface area contributed by atoms with E-state index in [1.807, 2.05) is 12.4 Å². The second-order valence-corrected chi connectivity index (χ2v) is 7.54. The molecule has 0 saturated carbocycles. The van der Waals surface area contributed by atoms with Crippen LogP contribution in [0.15, 0.2) is 41.1 Å². The highest BCUT2D eigenvalue weighted by atomic mass is 79.9. The molecular formula is C19H22BrN5. The van der Waals surface area contributed by atoms with E-state index in [0.717, 1.165) is 39.9 Å². The van der Waals surface area contributed by atoms with Crippen molar-refractivity contribution in [2.45, 2.75) is 6.42 Å². The lowest BCUT2D eigenvalue weighted by atomic mass is 10.1. The highest BCUT2D eigenvalue weighted by Gasteiger charge is 2.13. The Kier molecular flexibility index (Phi) is 4.83. The summed E-state index contributed by atoms with van der Waals surface area (Å²) in [5.41, 5.74) is 5.06. The molecule has 3 aromatic rings. The van der Waals surface area contributed by atoms with Crippen LogP contribution in [0.2, 0.25) is 0 Å². The number of halogens is 1. The molecule has 4 rings (SSSR count). The standard InChI is InChI=1S/C19H22BrN5/c1-24-8-10-25(11-9-24)7-6-14-2-4-15(5-3-14)17-13-22-19-18(23-17)16(20)12-21-19/h2-5,12-13H,6-11H2,1H3,(H,21,22). The fourth-order valence-electron chi connectivity index (χ4n) is 3.20. The van der Waals surface area contributed by atoms with Crippen molar-refractivity contribution in [3.63, 3.8) is 0 Å². The molecule has 0 radical (unpaired) electrons. The Bertz CT molecular complexity index is 850. The van der Waals surface area contributed by atoms with E-state index < -0.39 is 0 Å². The van der Waals surface area contributed by atoms with Crippen LogP contribution in [0.5, 0.6) is 0 Å². The van der Waals surface area contributed by atoms with Gasteiger partial charge in [-0.05, 0) is 35.0 Å². The lowest BCUT2D eigenvalue weighted by Gasteiger charge is -2.32. The van der Waals surface area contributed by atoms with Gasteiger partial charge in [0.15, 0.2) is 5.65 Å². The first-order valence-electron chi connectivity index (χ1n) is 8.69. The molecule has 0 unspecified atom stereocenters. The molecule has 1 aliphatic heterocycles. The molecule has 25 heavy (non-hydrogen) atoms. The van der Waals surface area contributed by atoms with Crippen molar-refractivity contribution >= 4 is 27.1 Å². The average molecular weight is 400 g/mol. The first-order valence-corrected chi connectivity index (χ1v) is 9.48. The number of aromatic nitrogens is 3. The summed E-state index contributed by atoms with van der Waals surface area (Å²) in [5.74, 6) is 0. The molecule has 0 bridgehead atoms. The van der Waals surface area contributed by atoms with Crippen LogP contribution in [0.3, 0.4) is 0 Å². The van der Waals surface area contributed by atoms with E-state index in [-0.39, 0.29) is 0 Å². The predicted octanol–water partition coefficient (Wildman–Crippen LogP) is 3.18. The van der Waals surface area contributed by atoms with Crippen LogP contribution in [-0.2, 0) is 6.42 Å². The number of nitrogens with one attached hydrogen (secondary N) is 1. The van der Waals surface area contributed by atoms with Gasteiger partial charge in [-0.2, -0.15) is 0 Å². The quantitative estimate of drug-likeness (QED) is 0.731. The molecule has 0 amide bonds. The minimum atomic E-state index is 0.805. The zero-order valence-electron chi connectivity index (χ0n) is 14.4. The van der Waals surface area contributed by atoms with Gasteiger partial charge in [0.1, 0.15) is 5.52 Å².